The number of ether oxygens (including phenoxy) is 1. The molecule has 2 heteroatoms. The average molecular weight is 294 g/mol. The molecule has 0 aliphatic heterocycles. The predicted molar refractivity (Wildman–Crippen MR) is 91.2 cm³/mol. The van der Waals surface area contributed by atoms with Crippen molar-refractivity contribution in [1.29, 1.82) is 0 Å². The Hall–Kier alpha value is -2.35. The minimum atomic E-state index is -0.00813. The van der Waals surface area contributed by atoms with Crippen LogP contribution in [0.2, 0.25) is 0 Å². The van der Waals surface area contributed by atoms with Crippen molar-refractivity contribution in [2.24, 2.45) is 5.41 Å². The van der Waals surface area contributed by atoms with Crippen molar-refractivity contribution < 1.29 is 9.53 Å². The van der Waals surface area contributed by atoms with Gasteiger partial charge in [0.05, 0.1) is 6.61 Å². The largest absolute Gasteiger partial charge is 0.493 e. The maximum Gasteiger partial charge on any atom is 0.185 e. The van der Waals surface area contributed by atoms with Gasteiger partial charge in [-0.15, -0.1) is 0 Å². The van der Waals surface area contributed by atoms with Crippen molar-refractivity contribution in [3.8, 4) is 5.75 Å². The molecule has 0 bridgehead atoms. The standard InChI is InChI=1S/C20H22O2/c1-20(2,3)15-22-18-12-10-17(11-13-18)19(21)14-9-16-7-5-4-6-8-16/h4-14H,15H2,1-3H3/b14-9+. The SMILES string of the molecule is CC(C)(C)COc1ccc(C(=O)/C=C/c2ccccc2)cc1. The van der Waals surface area contributed by atoms with E-state index < -0.39 is 0 Å². The average Bonchev–Trinajstić information content (AvgIpc) is 2.51. The van der Waals surface area contributed by atoms with Crippen molar-refractivity contribution in [3.05, 3.63) is 71.8 Å². The third kappa shape index (κ3) is 5.21. The molecule has 0 radical (unpaired) electrons. The Kier molecular flexibility index (Phi) is 5.16. The Morgan fingerprint density at radius 2 is 1.64 bits per heavy atom. The van der Waals surface area contributed by atoms with Crippen LogP contribution in [-0.2, 0) is 0 Å². The molecule has 0 fully saturated rings. The lowest BCUT2D eigenvalue weighted by molar-refractivity contribution is 0.104. The lowest BCUT2D eigenvalue weighted by atomic mass is 9.99. The van der Waals surface area contributed by atoms with E-state index in [0.717, 1.165) is 11.3 Å². The van der Waals surface area contributed by atoms with Crippen LogP contribution in [0.15, 0.2) is 60.7 Å². The van der Waals surface area contributed by atoms with E-state index in [2.05, 4.69) is 20.8 Å². The van der Waals surface area contributed by atoms with Crippen LogP contribution in [0.4, 0.5) is 0 Å². The normalized spacial score (nSPS) is 11.6. The fourth-order valence-electron chi connectivity index (χ4n) is 1.85. The van der Waals surface area contributed by atoms with Crippen LogP contribution in [0, 0.1) is 5.41 Å². The summed E-state index contributed by atoms with van der Waals surface area (Å²) in [5, 5.41) is 0. The van der Waals surface area contributed by atoms with E-state index in [0.29, 0.717) is 12.2 Å². The van der Waals surface area contributed by atoms with Crippen LogP contribution < -0.4 is 4.74 Å². The van der Waals surface area contributed by atoms with Gasteiger partial charge in [-0.25, -0.2) is 0 Å². The number of hydrogen-bond acceptors (Lipinski definition) is 2. The van der Waals surface area contributed by atoms with Gasteiger partial charge in [0.15, 0.2) is 5.78 Å². The lowest BCUT2D eigenvalue weighted by Crippen LogP contribution is -2.16. The zero-order valence-electron chi connectivity index (χ0n) is 13.4. The van der Waals surface area contributed by atoms with Gasteiger partial charge in [0.2, 0.25) is 0 Å². The zero-order chi connectivity index (χ0) is 16.0. The first-order chi connectivity index (χ1) is 10.4. The maximum atomic E-state index is 12.1. The lowest BCUT2D eigenvalue weighted by Gasteiger charge is -2.18. The summed E-state index contributed by atoms with van der Waals surface area (Å²) in [6, 6.07) is 17.1. The van der Waals surface area contributed by atoms with Crippen molar-refractivity contribution in [3.63, 3.8) is 0 Å². The highest BCUT2D eigenvalue weighted by molar-refractivity contribution is 6.06. The van der Waals surface area contributed by atoms with Crippen LogP contribution in [0.5, 0.6) is 5.75 Å². The van der Waals surface area contributed by atoms with Crippen molar-refractivity contribution in [2.75, 3.05) is 6.61 Å². The predicted octanol–water partition coefficient (Wildman–Crippen LogP) is 5.01. The zero-order valence-corrected chi connectivity index (χ0v) is 13.4. The summed E-state index contributed by atoms with van der Waals surface area (Å²) in [7, 11) is 0. The molecule has 22 heavy (non-hydrogen) atoms. The van der Waals surface area contributed by atoms with Gasteiger partial charge in [0.25, 0.3) is 0 Å². The van der Waals surface area contributed by atoms with E-state index in [1.54, 1.807) is 18.2 Å². The molecular weight excluding hydrogens is 272 g/mol. The van der Waals surface area contributed by atoms with Gasteiger partial charge in [-0.2, -0.15) is 0 Å². The summed E-state index contributed by atoms with van der Waals surface area (Å²) < 4.78 is 5.71. The number of rotatable bonds is 5. The first kappa shape index (κ1) is 16.0. The van der Waals surface area contributed by atoms with Gasteiger partial charge in [-0.1, -0.05) is 57.2 Å². The summed E-state index contributed by atoms with van der Waals surface area (Å²) in [6.45, 7) is 7.02. The molecule has 2 nitrogen and oxygen atoms in total. The fraction of sp³-hybridized carbons (Fsp3) is 0.250. The minimum absolute atomic E-state index is 0.00813. The first-order valence-corrected chi connectivity index (χ1v) is 7.44. The summed E-state index contributed by atoms with van der Waals surface area (Å²) >= 11 is 0. The van der Waals surface area contributed by atoms with Crippen LogP contribution in [0.3, 0.4) is 0 Å². The Morgan fingerprint density at radius 1 is 1.00 bits per heavy atom. The number of benzene rings is 2. The third-order valence-electron chi connectivity index (χ3n) is 3.04. The number of carbonyl (C=O) groups is 1. The summed E-state index contributed by atoms with van der Waals surface area (Å²) in [5.74, 6) is 0.782. The van der Waals surface area contributed by atoms with Crippen LogP contribution in [0.25, 0.3) is 6.08 Å². The van der Waals surface area contributed by atoms with Crippen molar-refractivity contribution >= 4 is 11.9 Å². The third-order valence-corrected chi connectivity index (χ3v) is 3.04. The Labute approximate surface area is 132 Å². The monoisotopic (exact) mass is 294 g/mol. The molecule has 2 aromatic rings. The molecule has 0 amide bonds. The van der Waals surface area contributed by atoms with Gasteiger partial charge in [-0.05, 0) is 41.3 Å². The number of hydrogen-bond donors (Lipinski definition) is 0. The molecule has 0 atom stereocenters. The molecule has 0 saturated heterocycles. The van der Waals surface area contributed by atoms with Crippen LogP contribution in [0.1, 0.15) is 36.7 Å². The van der Waals surface area contributed by atoms with Gasteiger partial charge in [0.1, 0.15) is 5.75 Å². The topological polar surface area (TPSA) is 26.3 Å². The minimum Gasteiger partial charge on any atom is -0.493 e. The van der Waals surface area contributed by atoms with Crippen molar-refractivity contribution in [1.82, 2.24) is 0 Å². The van der Waals surface area contributed by atoms with E-state index in [1.165, 1.54) is 0 Å². The van der Waals surface area contributed by atoms with E-state index in [9.17, 15) is 4.79 Å². The fourth-order valence-corrected chi connectivity index (χ4v) is 1.85. The van der Waals surface area contributed by atoms with Gasteiger partial charge < -0.3 is 4.74 Å². The number of carbonyl (C=O) groups excluding carboxylic acids is 1. The van der Waals surface area contributed by atoms with Gasteiger partial charge in [0, 0.05) is 5.56 Å². The maximum absolute atomic E-state index is 12.1. The second-order valence-corrected chi connectivity index (χ2v) is 6.48. The molecule has 114 valence electrons. The van der Waals surface area contributed by atoms with Gasteiger partial charge in [-0.3, -0.25) is 4.79 Å². The highest BCUT2D eigenvalue weighted by Crippen LogP contribution is 2.18. The highest BCUT2D eigenvalue weighted by atomic mass is 16.5. The van der Waals surface area contributed by atoms with Crippen LogP contribution in [-0.4, -0.2) is 12.4 Å². The quantitative estimate of drug-likeness (QED) is 0.572. The highest BCUT2D eigenvalue weighted by Gasteiger charge is 2.11. The summed E-state index contributed by atoms with van der Waals surface area (Å²) in [6.07, 6.45) is 3.42. The molecule has 0 heterocycles. The Morgan fingerprint density at radius 3 is 2.23 bits per heavy atom. The molecule has 0 unspecified atom stereocenters. The van der Waals surface area contributed by atoms with E-state index in [1.807, 2.05) is 48.5 Å². The number of ketones is 1. The van der Waals surface area contributed by atoms with Crippen LogP contribution >= 0.6 is 0 Å². The molecule has 0 saturated carbocycles. The van der Waals surface area contributed by atoms with Gasteiger partial charge >= 0.3 is 0 Å². The molecule has 0 aliphatic rings. The van der Waals surface area contributed by atoms with E-state index >= 15 is 0 Å². The molecular formula is C20H22O2. The molecule has 0 spiro atoms. The Bertz CT molecular complexity index is 632. The van der Waals surface area contributed by atoms with E-state index in [-0.39, 0.29) is 11.2 Å². The molecule has 0 aromatic heterocycles. The molecule has 2 rings (SSSR count). The molecule has 2 aromatic carbocycles. The number of allylic oxidation sites excluding steroid dienone is 1. The second kappa shape index (κ2) is 7.08. The molecule has 0 aliphatic carbocycles. The second-order valence-electron chi connectivity index (χ2n) is 6.48. The van der Waals surface area contributed by atoms with Crippen molar-refractivity contribution in [2.45, 2.75) is 20.8 Å². The van der Waals surface area contributed by atoms with E-state index in [4.69, 9.17) is 4.74 Å². The smallest absolute Gasteiger partial charge is 0.185 e. The summed E-state index contributed by atoms with van der Waals surface area (Å²) in [5.41, 5.74) is 1.80. The summed E-state index contributed by atoms with van der Waals surface area (Å²) in [4.78, 5) is 12.1. The molecule has 0 N–H and O–H groups in total. The Balaban J connectivity index is 1.98. The first-order valence-electron chi connectivity index (χ1n) is 7.44.